The third-order valence-electron chi connectivity index (χ3n) is 7.99. The number of aromatic nitrogens is 2. The molecular formula is C30H39Cl2F3N6. The number of fused-ring (bicyclic) bond motifs is 1. The van der Waals surface area contributed by atoms with Gasteiger partial charge in [-0.2, -0.15) is 18.2 Å². The van der Waals surface area contributed by atoms with E-state index < -0.39 is 11.7 Å². The molecule has 3 aromatic rings. The van der Waals surface area contributed by atoms with Crippen LogP contribution in [0.5, 0.6) is 0 Å². The number of alkyl halides is 3. The van der Waals surface area contributed by atoms with Crippen LogP contribution >= 0.6 is 24.8 Å². The molecule has 1 fully saturated rings. The molecule has 2 N–H and O–H groups in total. The summed E-state index contributed by atoms with van der Waals surface area (Å²) in [5.41, 5.74) is 3.96. The predicted molar refractivity (Wildman–Crippen MR) is 164 cm³/mol. The molecule has 2 aliphatic rings. The lowest BCUT2D eigenvalue weighted by Crippen LogP contribution is -2.36. The molecule has 2 aromatic carbocycles. The van der Waals surface area contributed by atoms with Crippen LogP contribution in [0.15, 0.2) is 54.7 Å². The van der Waals surface area contributed by atoms with Crippen molar-refractivity contribution in [1.82, 2.24) is 19.8 Å². The molecule has 1 saturated carbocycles. The Balaban J connectivity index is 0.00000231. The van der Waals surface area contributed by atoms with Gasteiger partial charge in [-0.15, -0.1) is 24.8 Å². The maximum Gasteiger partial charge on any atom is 0.421 e. The fraction of sp³-hybridized carbons (Fsp3) is 0.467. The summed E-state index contributed by atoms with van der Waals surface area (Å²) in [6, 6.07) is 17.0. The molecule has 0 amide bonds. The van der Waals surface area contributed by atoms with Crippen LogP contribution in [0.3, 0.4) is 0 Å². The molecule has 0 unspecified atom stereocenters. The van der Waals surface area contributed by atoms with Crippen LogP contribution in [0.2, 0.25) is 0 Å². The van der Waals surface area contributed by atoms with Gasteiger partial charge in [0.15, 0.2) is 0 Å². The molecular weight excluding hydrogens is 572 g/mol. The number of benzene rings is 2. The van der Waals surface area contributed by atoms with Crippen molar-refractivity contribution >= 4 is 42.3 Å². The molecule has 1 aromatic heterocycles. The molecule has 1 aliphatic heterocycles. The second-order valence-electron chi connectivity index (χ2n) is 10.9. The molecule has 0 bridgehead atoms. The summed E-state index contributed by atoms with van der Waals surface area (Å²) in [5, 5.41) is 6.16. The average molecular weight is 612 g/mol. The van der Waals surface area contributed by atoms with E-state index >= 15 is 0 Å². The third-order valence-corrected chi connectivity index (χ3v) is 7.99. The summed E-state index contributed by atoms with van der Waals surface area (Å²) < 4.78 is 41.2. The van der Waals surface area contributed by atoms with Crippen molar-refractivity contribution in [1.29, 1.82) is 0 Å². The standard InChI is InChI=1S/C30H37F3N6.2ClH/c1-38(2)26-13-11-24(12-14-26)35-28-27(30(31,32)33)19-34-29(37-28)36-25-9-7-21(8-10-25)20-39-17-15-22-5-3-4-6-23(22)16-18-39;;/h3-10,19,24,26H,11-18,20H2,1-2H3,(H2,34,35,36,37);2*1H/t24-,26-;;. The maximum atomic E-state index is 13.7. The monoisotopic (exact) mass is 610 g/mol. The van der Waals surface area contributed by atoms with Gasteiger partial charge in [-0.05, 0) is 81.4 Å². The van der Waals surface area contributed by atoms with Crippen molar-refractivity contribution in [3.8, 4) is 0 Å². The van der Waals surface area contributed by atoms with Gasteiger partial charge in [-0.25, -0.2) is 4.98 Å². The van der Waals surface area contributed by atoms with E-state index in [0.29, 0.717) is 6.04 Å². The second kappa shape index (κ2) is 14.5. The Hall–Kier alpha value is -2.59. The summed E-state index contributed by atoms with van der Waals surface area (Å²) >= 11 is 0. The highest BCUT2D eigenvalue weighted by Gasteiger charge is 2.36. The Morgan fingerprint density at radius 3 is 2.07 bits per heavy atom. The first-order chi connectivity index (χ1) is 18.7. The Morgan fingerprint density at radius 2 is 1.51 bits per heavy atom. The zero-order valence-corrected chi connectivity index (χ0v) is 25.1. The van der Waals surface area contributed by atoms with Crippen molar-refractivity contribution in [2.45, 2.75) is 63.3 Å². The summed E-state index contributed by atoms with van der Waals surface area (Å²) in [5.74, 6) is -0.0161. The highest BCUT2D eigenvalue weighted by molar-refractivity contribution is 5.85. The van der Waals surface area contributed by atoms with E-state index in [-0.39, 0.29) is 42.6 Å². The van der Waals surface area contributed by atoms with Gasteiger partial charge in [-0.3, -0.25) is 4.90 Å². The van der Waals surface area contributed by atoms with Crippen molar-refractivity contribution in [3.05, 3.63) is 77.0 Å². The average Bonchev–Trinajstić information content (AvgIpc) is 3.12. The lowest BCUT2D eigenvalue weighted by molar-refractivity contribution is -0.137. The zero-order chi connectivity index (χ0) is 27.4. The SMILES string of the molecule is CN(C)[C@H]1CC[C@H](Nc2nc(Nc3ccc(CN4CCc5ccccc5CC4)cc3)ncc2C(F)(F)F)CC1.Cl.Cl. The van der Waals surface area contributed by atoms with Crippen molar-refractivity contribution in [2.24, 2.45) is 0 Å². The van der Waals surface area contributed by atoms with Crippen LogP contribution in [0.4, 0.5) is 30.6 Å². The third kappa shape index (κ3) is 8.70. The molecule has 0 radical (unpaired) electrons. The lowest BCUT2D eigenvalue weighted by atomic mass is 9.90. The smallest absolute Gasteiger partial charge is 0.367 e. The van der Waals surface area contributed by atoms with Gasteiger partial charge in [0, 0.05) is 43.6 Å². The van der Waals surface area contributed by atoms with E-state index in [4.69, 9.17) is 0 Å². The molecule has 11 heteroatoms. The van der Waals surface area contributed by atoms with E-state index in [9.17, 15) is 13.2 Å². The first kappa shape index (κ1) is 32.9. The molecule has 5 rings (SSSR count). The molecule has 6 nitrogen and oxygen atoms in total. The maximum absolute atomic E-state index is 13.7. The van der Waals surface area contributed by atoms with Crippen LogP contribution in [0.25, 0.3) is 0 Å². The number of nitrogens with zero attached hydrogens (tertiary/aromatic N) is 4. The number of anilines is 3. The van der Waals surface area contributed by atoms with Crippen LogP contribution < -0.4 is 10.6 Å². The minimum absolute atomic E-state index is 0. The number of halogens is 5. The van der Waals surface area contributed by atoms with Crippen LogP contribution in [-0.4, -0.2) is 59.0 Å². The van der Waals surface area contributed by atoms with Gasteiger partial charge < -0.3 is 15.5 Å². The van der Waals surface area contributed by atoms with Gasteiger partial charge in [0.2, 0.25) is 5.95 Å². The quantitative estimate of drug-likeness (QED) is 0.301. The normalized spacial score (nSPS) is 19.4. The Morgan fingerprint density at radius 1 is 0.902 bits per heavy atom. The topological polar surface area (TPSA) is 56.3 Å². The van der Waals surface area contributed by atoms with Gasteiger partial charge in [0.05, 0.1) is 0 Å². The van der Waals surface area contributed by atoms with Crippen LogP contribution in [-0.2, 0) is 25.6 Å². The first-order valence-corrected chi connectivity index (χ1v) is 13.8. The molecule has 0 saturated heterocycles. The minimum atomic E-state index is -4.53. The van der Waals surface area contributed by atoms with Crippen LogP contribution in [0.1, 0.15) is 47.9 Å². The summed E-state index contributed by atoms with van der Waals surface area (Å²) in [7, 11) is 4.09. The van der Waals surface area contributed by atoms with Gasteiger partial charge in [-0.1, -0.05) is 36.4 Å². The molecule has 1 aliphatic carbocycles. The van der Waals surface area contributed by atoms with E-state index in [2.05, 4.69) is 54.7 Å². The van der Waals surface area contributed by atoms with E-state index in [0.717, 1.165) is 70.0 Å². The molecule has 224 valence electrons. The largest absolute Gasteiger partial charge is 0.421 e. The molecule has 41 heavy (non-hydrogen) atoms. The van der Waals surface area contributed by atoms with Gasteiger partial charge in [0.25, 0.3) is 0 Å². The highest BCUT2D eigenvalue weighted by atomic mass is 35.5. The molecule has 0 atom stereocenters. The summed E-state index contributed by atoms with van der Waals surface area (Å²) in [4.78, 5) is 12.9. The molecule has 2 heterocycles. The van der Waals surface area contributed by atoms with E-state index in [1.807, 2.05) is 38.4 Å². The fourth-order valence-electron chi connectivity index (χ4n) is 5.64. The van der Waals surface area contributed by atoms with Crippen LogP contribution in [0, 0.1) is 0 Å². The van der Waals surface area contributed by atoms with Gasteiger partial charge in [0.1, 0.15) is 11.4 Å². The minimum Gasteiger partial charge on any atom is -0.367 e. The van der Waals surface area contributed by atoms with E-state index in [1.54, 1.807) is 0 Å². The van der Waals surface area contributed by atoms with E-state index in [1.165, 1.54) is 16.7 Å². The number of rotatable bonds is 7. The lowest BCUT2D eigenvalue weighted by Gasteiger charge is -2.33. The Kier molecular flexibility index (Phi) is 11.7. The summed E-state index contributed by atoms with van der Waals surface area (Å²) in [6.45, 7) is 2.89. The Bertz CT molecular complexity index is 1220. The van der Waals surface area contributed by atoms with Crippen molar-refractivity contribution in [2.75, 3.05) is 37.8 Å². The number of hydrogen-bond acceptors (Lipinski definition) is 6. The fourth-order valence-corrected chi connectivity index (χ4v) is 5.64. The highest BCUT2D eigenvalue weighted by Crippen LogP contribution is 2.35. The number of nitrogens with one attached hydrogen (secondary N) is 2. The number of hydrogen-bond donors (Lipinski definition) is 2. The van der Waals surface area contributed by atoms with Crippen molar-refractivity contribution in [3.63, 3.8) is 0 Å². The zero-order valence-electron chi connectivity index (χ0n) is 23.5. The van der Waals surface area contributed by atoms with Gasteiger partial charge >= 0.3 is 6.18 Å². The summed E-state index contributed by atoms with van der Waals surface area (Å²) in [6.07, 6.45) is 1.93. The Labute approximate surface area is 253 Å². The first-order valence-electron chi connectivity index (χ1n) is 13.8. The van der Waals surface area contributed by atoms with Crippen molar-refractivity contribution < 1.29 is 13.2 Å². The predicted octanol–water partition coefficient (Wildman–Crippen LogP) is 6.97. The second-order valence-corrected chi connectivity index (χ2v) is 10.9. The molecule has 0 spiro atoms.